The zero-order valence-electron chi connectivity index (χ0n) is 6.65. The lowest BCUT2D eigenvalue weighted by molar-refractivity contribution is 0.213. The second-order valence-corrected chi connectivity index (χ2v) is 2.98. The highest BCUT2D eigenvalue weighted by Gasteiger charge is 2.03. The van der Waals surface area contributed by atoms with Crippen molar-refractivity contribution in [2.24, 2.45) is 5.16 Å². The van der Waals surface area contributed by atoms with E-state index in [1.807, 2.05) is 23.6 Å². The second-order valence-electron chi connectivity index (χ2n) is 2.03. The van der Waals surface area contributed by atoms with Crippen molar-refractivity contribution in [1.82, 2.24) is 0 Å². The summed E-state index contributed by atoms with van der Waals surface area (Å²) in [6.07, 6.45) is 0.286. The standard InChI is InChI=1S/C8H8N2OS/c1-11-10-7(4-5-9)8-3-2-6-12-8/h2-3,6H,4H2,1H3. The number of oxime groups is 1. The van der Waals surface area contributed by atoms with Crippen LogP contribution in [-0.4, -0.2) is 12.8 Å². The van der Waals surface area contributed by atoms with Crippen LogP contribution in [0.25, 0.3) is 0 Å². The molecule has 4 heteroatoms. The molecule has 1 aromatic heterocycles. The maximum absolute atomic E-state index is 8.48. The minimum absolute atomic E-state index is 0.286. The maximum Gasteiger partial charge on any atom is 0.111 e. The lowest BCUT2D eigenvalue weighted by atomic mass is 10.2. The van der Waals surface area contributed by atoms with Gasteiger partial charge in [0.2, 0.25) is 0 Å². The third kappa shape index (κ3) is 2.07. The molecule has 0 radical (unpaired) electrons. The number of thiophene rings is 1. The van der Waals surface area contributed by atoms with Gasteiger partial charge in [-0.25, -0.2) is 0 Å². The lowest BCUT2D eigenvalue weighted by Gasteiger charge is -1.95. The molecule has 0 atom stereocenters. The zero-order valence-corrected chi connectivity index (χ0v) is 7.47. The fraction of sp³-hybridized carbons (Fsp3) is 0.250. The van der Waals surface area contributed by atoms with Crippen LogP contribution in [0, 0.1) is 11.3 Å². The fourth-order valence-electron chi connectivity index (χ4n) is 0.792. The van der Waals surface area contributed by atoms with Crippen molar-refractivity contribution in [3.63, 3.8) is 0 Å². The normalized spacial score (nSPS) is 10.8. The van der Waals surface area contributed by atoms with Crippen LogP contribution >= 0.6 is 11.3 Å². The van der Waals surface area contributed by atoms with E-state index in [1.165, 1.54) is 7.11 Å². The van der Waals surface area contributed by atoms with Gasteiger partial charge in [-0.05, 0) is 11.4 Å². The molecule has 1 rings (SSSR count). The Morgan fingerprint density at radius 1 is 1.83 bits per heavy atom. The third-order valence-electron chi connectivity index (χ3n) is 1.25. The second kappa shape index (κ2) is 4.52. The van der Waals surface area contributed by atoms with E-state index in [4.69, 9.17) is 5.26 Å². The number of rotatable bonds is 3. The van der Waals surface area contributed by atoms with E-state index >= 15 is 0 Å². The summed E-state index contributed by atoms with van der Waals surface area (Å²) in [5, 5.41) is 14.2. The first kappa shape index (κ1) is 8.75. The summed E-state index contributed by atoms with van der Waals surface area (Å²) in [6.45, 7) is 0. The van der Waals surface area contributed by atoms with E-state index in [0.29, 0.717) is 5.71 Å². The summed E-state index contributed by atoms with van der Waals surface area (Å²) in [6, 6.07) is 5.87. The van der Waals surface area contributed by atoms with Crippen LogP contribution in [0.2, 0.25) is 0 Å². The smallest absolute Gasteiger partial charge is 0.111 e. The van der Waals surface area contributed by atoms with Crippen LogP contribution in [0.5, 0.6) is 0 Å². The van der Waals surface area contributed by atoms with Gasteiger partial charge in [-0.3, -0.25) is 0 Å². The Balaban J connectivity index is 2.82. The average Bonchev–Trinajstić information content (AvgIpc) is 2.56. The summed E-state index contributed by atoms with van der Waals surface area (Å²) in [4.78, 5) is 5.61. The molecule has 0 bridgehead atoms. The Kier molecular flexibility index (Phi) is 3.30. The Morgan fingerprint density at radius 3 is 3.17 bits per heavy atom. The quantitative estimate of drug-likeness (QED) is 0.527. The molecule has 0 aromatic carbocycles. The van der Waals surface area contributed by atoms with Gasteiger partial charge in [-0.1, -0.05) is 11.2 Å². The molecule has 0 amide bonds. The van der Waals surface area contributed by atoms with E-state index in [1.54, 1.807) is 11.3 Å². The van der Waals surface area contributed by atoms with Gasteiger partial charge in [0.25, 0.3) is 0 Å². The number of nitrogens with zero attached hydrogens (tertiary/aromatic N) is 2. The number of hydrogen-bond donors (Lipinski definition) is 0. The Bertz CT molecular complexity index is 297. The van der Waals surface area contributed by atoms with Crippen molar-refractivity contribution in [3.8, 4) is 6.07 Å². The van der Waals surface area contributed by atoms with E-state index in [0.717, 1.165) is 4.88 Å². The molecule has 0 fully saturated rings. The monoisotopic (exact) mass is 180 g/mol. The predicted octanol–water partition coefficient (Wildman–Crippen LogP) is 2.01. The highest BCUT2D eigenvalue weighted by molar-refractivity contribution is 7.12. The third-order valence-corrected chi connectivity index (χ3v) is 2.17. The van der Waals surface area contributed by atoms with Gasteiger partial charge in [-0.2, -0.15) is 5.26 Å². The van der Waals surface area contributed by atoms with Crippen molar-refractivity contribution in [2.45, 2.75) is 6.42 Å². The van der Waals surface area contributed by atoms with Crippen LogP contribution in [-0.2, 0) is 4.84 Å². The Hall–Kier alpha value is -1.34. The van der Waals surface area contributed by atoms with Crippen LogP contribution in [0.4, 0.5) is 0 Å². The molecule has 0 saturated heterocycles. The van der Waals surface area contributed by atoms with Crippen molar-refractivity contribution >= 4 is 17.0 Å². The molecule has 62 valence electrons. The average molecular weight is 180 g/mol. The minimum Gasteiger partial charge on any atom is -0.399 e. The molecule has 0 spiro atoms. The largest absolute Gasteiger partial charge is 0.399 e. The van der Waals surface area contributed by atoms with Gasteiger partial charge < -0.3 is 4.84 Å². The first-order valence-corrected chi connectivity index (χ1v) is 4.27. The zero-order chi connectivity index (χ0) is 8.81. The molecule has 0 N–H and O–H groups in total. The van der Waals surface area contributed by atoms with E-state index in [-0.39, 0.29) is 6.42 Å². The van der Waals surface area contributed by atoms with Crippen LogP contribution in [0.1, 0.15) is 11.3 Å². The number of hydrogen-bond acceptors (Lipinski definition) is 4. The van der Waals surface area contributed by atoms with Gasteiger partial charge in [0.05, 0.1) is 17.4 Å². The molecule has 0 saturated carbocycles. The molecule has 1 heterocycles. The van der Waals surface area contributed by atoms with E-state index in [2.05, 4.69) is 9.99 Å². The molecular formula is C8H8N2OS. The topological polar surface area (TPSA) is 45.4 Å². The maximum atomic E-state index is 8.48. The van der Waals surface area contributed by atoms with Crippen LogP contribution in [0.3, 0.4) is 0 Å². The summed E-state index contributed by atoms with van der Waals surface area (Å²) >= 11 is 1.55. The Labute approximate surface area is 74.9 Å². The van der Waals surface area contributed by atoms with Gasteiger partial charge in [0.15, 0.2) is 0 Å². The summed E-state index contributed by atoms with van der Waals surface area (Å²) < 4.78 is 0. The highest BCUT2D eigenvalue weighted by atomic mass is 32.1. The molecule has 0 aliphatic carbocycles. The molecule has 0 unspecified atom stereocenters. The first-order valence-electron chi connectivity index (χ1n) is 3.39. The van der Waals surface area contributed by atoms with Gasteiger partial charge in [0.1, 0.15) is 12.8 Å². The van der Waals surface area contributed by atoms with Crippen molar-refractivity contribution in [3.05, 3.63) is 22.4 Å². The molecule has 0 aliphatic heterocycles. The SMILES string of the molecule is CON=C(CC#N)c1cccs1. The predicted molar refractivity (Wildman–Crippen MR) is 48.1 cm³/mol. The molecule has 1 aromatic rings. The summed E-state index contributed by atoms with van der Waals surface area (Å²) in [5.74, 6) is 0. The minimum atomic E-state index is 0.286. The van der Waals surface area contributed by atoms with Crippen LogP contribution < -0.4 is 0 Å². The van der Waals surface area contributed by atoms with Gasteiger partial charge >= 0.3 is 0 Å². The summed E-state index contributed by atoms with van der Waals surface area (Å²) in [5.41, 5.74) is 0.690. The molecular weight excluding hydrogens is 172 g/mol. The number of nitriles is 1. The summed E-state index contributed by atoms with van der Waals surface area (Å²) in [7, 11) is 1.48. The van der Waals surface area contributed by atoms with Crippen LogP contribution in [0.15, 0.2) is 22.7 Å². The van der Waals surface area contributed by atoms with Crippen molar-refractivity contribution in [2.75, 3.05) is 7.11 Å². The van der Waals surface area contributed by atoms with Crippen molar-refractivity contribution in [1.29, 1.82) is 5.26 Å². The molecule has 12 heavy (non-hydrogen) atoms. The van der Waals surface area contributed by atoms with Gasteiger partial charge in [-0.15, -0.1) is 11.3 Å². The van der Waals surface area contributed by atoms with Crippen molar-refractivity contribution < 1.29 is 4.84 Å². The van der Waals surface area contributed by atoms with E-state index < -0.39 is 0 Å². The lowest BCUT2D eigenvalue weighted by Crippen LogP contribution is -1.96. The first-order chi connectivity index (χ1) is 5.88. The fourth-order valence-corrected chi connectivity index (χ4v) is 1.50. The highest BCUT2D eigenvalue weighted by Crippen LogP contribution is 2.11. The molecule has 3 nitrogen and oxygen atoms in total. The molecule has 0 aliphatic rings. The van der Waals surface area contributed by atoms with Gasteiger partial charge in [0, 0.05) is 0 Å². The van der Waals surface area contributed by atoms with E-state index in [9.17, 15) is 0 Å². The Morgan fingerprint density at radius 2 is 2.67 bits per heavy atom.